The highest BCUT2D eigenvalue weighted by Crippen LogP contribution is 2.29. The topological polar surface area (TPSA) is 67.4 Å². The van der Waals surface area contributed by atoms with Crippen molar-refractivity contribution >= 4 is 11.8 Å². The highest BCUT2D eigenvalue weighted by atomic mass is 19.4. The van der Waals surface area contributed by atoms with Gasteiger partial charge in [0.05, 0.1) is 6.61 Å². The molecule has 0 aliphatic heterocycles. The van der Waals surface area contributed by atoms with Crippen LogP contribution >= 0.6 is 0 Å². The second-order valence-corrected chi connectivity index (χ2v) is 5.81. The smallest absolute Gasteiger partial charge is 0.405 e. The van der Waals surface area contributed by atoms with Crippen molar-refractivity contribution in [3.63, 3.8) is 0 Å². The first-order chi connectivity index (χ1) is 11.2. The van der Waals surface area contributed by atoms with Gasteiger partial charge in [-0.15, -0.1) is 0 Å². The number of carbonyl (C=O) groups excluding carboxylic acids is 2. The Labute approximate surface area is 137 Å². The van der Waals surface area contributed by atoms with Crippen molar-refractivity contribution in [2.75, 3.05) is 13.2 Å². The molecule has 1 saturated carbocycles. The summed E-state index contributed by atoms with van der Waals surface area (Å²) in [6.45, 7) is 0.539. The first-order valence-electron chi connectivity index (χ1n) is 7.63. The van der Waals surface area contributed by atoms with Crippen LogP contribution in [0.1, 0.15) is 30.1 Å². The van der Waals surface area contributed by atoms with E-state index in [9.17, 15) is 22.8 Å². The molecule has 132 valence electrons. The average molecular weight is 344 g/mol. The van der Waals surface area contributed by atoms with Crippen LogP contribution in [-0.2, 0) is 4.79 Å². The summed E-state index contributed by atoms with van der Waals surface area (Å²) in [5.74, 6) is -0.179. The third kappa shape index (κ3) is 6.10. The minimum atomic E-state index is -4.49. The van der Waals surface area contributed by atoms with E-state index in [1.165, 1.54) is 31.9 Å². The Kier molecular flexibility index (Phi) is 5.69. The fourth-order valence-electron chi connectivity index (χ4n) is 1.89. The number of ether oxygens (including phenoxy) is 1. The molecule has 0 heterocycles. The zero-order valence-electron chi connectivity index (χ0n) is 13.2. The summed E-state index contributed by atoms with van der Waals surface area (Å²) >= 11 is 0. The van der Waals surface area contributed by atoms with Gasteiger partial charge in [-0.2, -0.15) is 13.2 Å². The Hall–Kier alpha value is -2.25. The largest absolute Gasteiger partial charge is 0.493 e. The zero-order chi connectivity index (χ0) is 17.7. The highest BCUT2D eigenvalue weighted by Gasteiger charge is 2.29. The zero-order valence-corrected chi connectivity index (χ0v) is 13.2. The summed E-state index contributed by atoms with van der Waals surface area (Å²) in [4.78, 5) is 23.5. The number of alkyl halides is 3. The third-order valence-electron chi connectivity index (χ3n) is 3.50. The summed E-state index contributed by atoms with van der Waals surface area (Å²) in [6, 6.07) is 5.29. The summed E-state index contributed by atoms with van der Waals surface area (Å²) in [5, 5.41) is 4.08. The molecule has 2 N–H and O–H groups in total. The molecule has 1 aromatic rings. The maximum Gasteiger partial charge on any atom is 0.405 e. The molecule has 0 radical (unpaired) electrons. The Morgan fingerprint density at radius 3 is 2.42 bits per heavy atom. The van der Waals surface area contributed by atoms with Gasteiger partial charge >= 0.3 is 6.18 Å². The molecule has 8 heteroatoms. The average Bonchev–Trinajstić information content (AvgIpc) is 3.34. The molecule has 1 fully saturated rings. The molecule has 2 amide bonds. The van der Waals surface area contributed by atoms with Crippen LogP contribution in [0.3, 0.4) is 0 Å². The van der Waals surface area contributed by atoms with Gasteiger partial charge in [-0.1, -0.05) is 0 Å². The maximum absolute atomic E-state index is 12.0. The lowest BCUT2D eigenvalue weighted by molar-refractivity contribution is -0.139. The van der Waals surface area contributed by atoms with Crippen LogP contribution in [-0.4, -0.2) is 37.2 Å². The van der Waals surface area contributed by atoms with Crippen molar-refractivity contribution in [3.05, 3.63) is 29.8 Å². The van der Waals surface area contributed by atoms with Crippen LogP contribution in [0.25, 0.3) is 0 Å². The second kappa shape index (κ2) is 7.55. The molecular formula is C16H19F3N2O3. The van der Waals surface area contributed by atoms with Gasteiger partial charge in [-0.3, -0.25) is 9.59 Å². The van der Waals surface area contributed by atoms with E-state index in [4.69, 9.17) is 4.74 Å². The Balaban J connectivity index is 1.80. The molecule has 0 bridgehead atoms. The van der Waals surface area contributed by atoms with E-state index < -0.39 is 30.6 Å². The van der Waals surface area contributed by atoms with E-state index in [-0.39, 0.29) is 0 Å². The van der Waals surface area contributed by atoms with Gasteiger partial charge in [-0.05, 0) is 49.9 Å². The molecule has 1 aliphatic rings. The fraction of sp³-hybridized carbons (Fsp3) is 0.500. The minimum absolute atomic E-state index is 0.296. The molecular weight excluding hydrogens is 325 g/mol. The molecule has 0 saturated heterocycles. The summed E-state index contributed by atoms with van der Waals surface area (Å²) in [7, 11) is 0. The lowest BCUT2D eigenvalue weighted by Gasteiger charge is -2.15. The maximum atomic E-state index is 12.0. The quantitative estimate of drug-likeness (QED) is 0.797. The van der Waals surface area contributed by atoms with Crippen molar-refractivity contribution in [1.29, 1.82) is 0 Å². The molecule has 1 aliphatic carbocycles. The van der Waals surface area contributed by atoms with Crippen molar-refractivity contribution in [2.24, 2.45) is 5.92 Å². The molecule has 24 heavy (non-hydrogen) atoms. The molecule has 0 aromatic heterocycles. The fourth-order valence-corrected chi connectivity index (χ4v) is 1.89. The summed E-state index contributed by atoms with van der Waals surface area (Å²) in [6.07, 6.45) is -2.14. The number of halogens is 3. The number of hydrogen-bond donors (Lipinski definition) is 2. The number of benzene rings is 1. The monoisotopic (exact) mass is 344 g/mol. The molecule has 1 aromatic carbocycles. The van der Waals surface area contributed by atoms with Gasteiger partial charge in [0.2, 0.25) is 5.91 Å². The molecule has 0 spiro atoms. The third-order valence-corrected chi connectivity index (χ3v) is 3.50. The lowest BCUT2D eigenvalue weighted by Crippen LogP contribution is -2.47. The van der Waals surface area contributed by atoms with Crippen LogP contribution in [0.5, 0.6) is 5.75 Å². The van der Waals surface area contributed by atoms with E-state index >= 15 is 0 Å². The van der Waals surface area contributed by atoms with Crippen molar-refractivity contribution in [1.82, 2.24) is 10.6 Å². The van der Waals surface area contributed by atoms with Gasteiger partial charge < -0.3 is 15.4 Å². The second-order valence-electron chi connectivity index (χ2n) is 5.81. The van der Waals surface area contributed by atoms with Gasteiger partial charge in [-0.25, -0.2) is 0 Å². The van der Waals surface area contributed by atoms with Crippen molar-refractivity contribution < 1.29 is 27.5 Å². The standard InChI is InChI=1S/C16H19F3N2O3/c1-10(14(22)20-9-16(17,18)19)21-15(23)12-4-6-13(7-5-12)24-8-11-2-3-11/h4-7,10-11H,2-3,8-9H2,1H3,(H,20,22)(H,21,23)/t10-/m0/s1. The van der Waals surface area contributed by atoms with Crippen molar-refractivity contribution in [3.8, 4) is 5.75 Å². The van der Waals surface area contributed by atoms with E-state index in [2.05, 4.69) is 5.32 Å². The van der Waals surface area contributed by atoms with Crippen molar-refractivity contribution in [2.45, 2.75) is 32.0 Å². The summed E-state index contributed by atoms with van der Waals surface area (Å²) < 4.78 is 41.7. The lowest BCUT2D eigenvalue weighted by atomic mass is 10.2. The number of carbonyl (C=O) groups is 2. The van der Waals surface area contributed by atoms with Crippen LogP contribution in [0.4, 0.5) is 13.2 Å². The van der Waals surface area contributed by atoms with Crippen LogP contribution < -0.4 is 15.4 Å². The molecule has 0 unspecified atom stereocenters. The molecule has 1 atom stereocenters. The Bertz CT molecular complexity index is 583. The predicted molar refractivity (Wildman–Crippen MR) is 80.7 cm³/mol. The van der Waals surface area contributed by atoms with Gasteiger partial charge in [0.1, 0.15) is 18.3 Å². The summed E-state index contributed by atoms with van der Waals surface area (Å²) in [5.41, 5.74) is 0.296. The van der Waals surface area contributed by atoms with Crippen LogP contribution in [0.15, 0.2) is 24.3 Å². The number of amides is 2. The van der Waals surface area contributed by atoms with E-state index in [0.717, 1.165) is 0 Å². The number of nitrogens with one attached hydrogen (secondary N) is 2. The van der Waals surface area contributed by atoms with E-state index in [0.29, 0.717) is 23.8 Å². The number of hydrogen-bond acceptors (Lipinski definition) is 3. The van der Waals surface area contributed by atoms with E-state index in [1.807, 2.05) is 0 Å². The Morgan fingerprint density at radius 1 is 1.25 bits per heavy atom. The minimum Gasteiger partial charge on any atom is -0.493 e. The van der Waals surface area contributed by atoms with Crippen LogP contribution in [0.2, 0.25) is 0 Å². The Morgan fingerprint density at radius 2 is 1.88 bits per heavy atom. The highest BCUT2D eigenvalue weighted by molar-refractivity contribution is 5.97. The normalized spacial score (nSPS) is 15.5. The predicted octanol–water partition coefficient (Wildman–Crippen LogP) is 2.27. The van der Waals surface area contributed by atoms with Gasteiger partial charge in [0, 0.05) is 5.56 Å². The first-order valence-corrected chi connectivity index (χ1v) is 7.63. The number of rotatable bonds is 7. The molecule has 5 nitrogen and oxygen atoms in total. The SMILES string of the molecule is C[C@H](NC(=O)c1ccc(OCC2CC2)cc1)C(=O)NCC(F)(F)F. The van der Waals surface area contributed by atoms with Gasteiger partial charge in [0.15, 0.2) is 0 Å². The first kappa shape index (κ1) is 18.1. The van der Waals surface area contributed by atoms with Crippen LogP contribution in [0, 0.1) is 5.92 Å². The van der Waals surface area contributed by atoms with Gasteiger partial charge in [0.25, 0.3) is 5.91 Å². The van der Waals surface area contributed by atoms with E-state index in [1.54, 1.807) is 17.4 Å². The molecule has 2 rings (SSSR count).